The van der Waals surface area contributed by atoms with E-state index in [9.17, 15) is 4.79 Å². The zero-order valence-corrected chi connectivity index (χ0v) is 15.1. The zero-order chi connectivity index (χ0) is 18.0. The van der Waals surface area contributed by atoms with Crippen molar-refractivity contribution in [2.45, 2.75) is 25.2 Å². The van der Waals surface area contributed by atoms with Crippen molar-refractivity contribution in [3.05, 3.63) is 71.8 Å². The Morgan fingerprint density at radius 3 is 2.04 bits per heavy atom. The van der Waals surface area contributed by atoms with Crippen molar-refractivity contribution in [3.63, 3.8) is 0 Å². The van der Waals surface area contributed by atoms with Crippen molar-refractivity contribution in [3.8, 4) is 11.8 Å². The number of carbonyl (C=O) groups is 1. The van der Waals surface area contributed by atoms with E-state index < -0.39 is 5.92 Å². The molecule has 2 aromatic rings. The quantitative estimate of drug-likeness (QED) is 0.608. The molecule has 0 unspecified atom stereocenters. The molecule has 0 N–H and O–H groups in total. The second-order valence-electron chi connectivity index (χ2n) is 6.55. The van der Waals surface area contributed by atoms with E-state index in [-0.39, 0.29) is 12.6 Å². The minimum Gasteiger partial charge on any atom is -0.452 e. The van der Waals surface area contributed by atoms with Gasteiger partial charge in [0, 0.05) is 0 Å². The summed E-state index contributed by atoms with van der Waals surface area (Å²) in [6, 6.07) is 19.5. The van der Waals surface area contributed by atoms with Crippen LogP contribution in [0.4, 0.5) is 0 Å². The maximum absolute atomic E-state index is 12.7. The van der Waals surface area contributed by atoms with Gasteiger partial charge in [-0.3, -0.25) is 9.69 Å². The van der Waals surface area contributed by atoms with Crippen LogP contribution in [-0.2, 0) is 9.53 Å². The highest BCUT2D eigenvalue weighted by atomic mass is 16.5. The number of hydrogen-bond donors (Lipinski definition) is 0. The summed E-state index contributed by atoms with van der Waals surface area (Å²) in [4.78, 5) is 15.1. The van der Waals surface area contributed by atoms with Gasteiger partial charge in [-0.05, 0) is 37.1 Å². The molecule has 0 bridgehead atoms. The molecule has 2 aromatic carbocycles. The monoisotopic (exact) mass is 347 g/mol. The third-order valence-corrected chi connectivity index (χ3v) is 4.66. The normalized spacial score (nSPS) is 14.5. The fourth-order valence-corrected chi connectivity index (χ4v) is 3.28. The topological polar surface area (TPSA) is 29.5 Å². The van der Waals surface area contributed by atoms with Gasteiger partial charge < -0.3 is 4.74 Å². The first-order chi connectivity index (χ1) is 12.8. The summed E-state index contributed by atoms with van der Waals surface area (Å²) in [6.45, 7) is 3.15. The average Bonchev–Trinajstić information content (AvgIpc) is 2.70. The Kier molecular flexibility index (Phi) is 6.87. The largest absolute Gasteiger partial charge is 0.452 e. The smallest absolute Gasteiger partial charge is 0.318 e. The summed E-state index contributed by atoms with van der Waals surface area (Å²) in [5, 5.41) is 0. The van der Waals surface area contributed by atoms with Gasteiger partial charge in [-0.1, -0.05) is 78.9 Å². The molecule has 1 aliphatic rings. The lowest BCUT2D eigenvalue weighted by atomic mass is 9.91. The predicted octanol–water partition coefficient (Wildman–Crippen LogP) is 3.85. The maximum Gasteiger partial charge on any atom is 0.318 e. The van der Waals surface area contributed by atoms with Gasteiger partial charge in [0.25, 0.3) is 0 Å². The average molecular weight is 347 g/mol. The number of esters is 1. The Labute approximate surface area is 156 Å². The molecule has 0 radical (unpaired) electrons. The second kappa shape index (κ2) is 9.79. The van der Waals surface area contributed by atoms with Crippen LogP contribution < -0.4 is 0 Å². The number of piperidine rings is 1. The molecule has 3 nitrogen and oxygen atoms in total. The first kappa shape index (κ1) is 18.2. The molecule has 1 aliphatic heterocycles. The molecule has 3 rings (SSSR count). The van der Waals surface area contributed by atoms with Crippen LogP contribution >= 0.6 is 0 Å². The molecule has 0 amide bonds. The van der Waals surface area contributed by atoms with Gasteiger partial charge in [0.15, 0.2) is 6.61 Å². The van der Waals surface area contributed by atoms with Gasteiger partial charge in [-0.25, -0.2) is 0 Å². The van der Waals surface area contributed by atoms with Crippen LogP contribution in [-0.4, -0.2) is 37.1 Å². The number of carbonyl (C=O) groups excluding carboxylic acids is 1. The number of benzene rings is 2. The molecule has 0 aromatic heterocycles. The van der Waals surface area contributed by atoms with E-state index in [0.717, 1.165) is 30.8 Å². The van der Waals surface area contributed by atoms with E-state index in [4.69, 9.17) is 4.74 Å². The molecule has 26 heavy (non-hydrogen) atoms. The van der Waals surface area contributed by atoms with E-state index in [0.29, 0.717) is 0 Å². The molecule has 1 saturated heterocycles. The lowest BCUT2D eigenvalue weighted by Crippen LogP contribution is -2.29. The van der Waals surface area contributed by atoms with Crippen molar-refractivity contribution in [1.82, 2.24) is 4.90 Å². The summed E-state index contributed by atoms with van der Waals surface area (Å²) in [5.74, 6) is 5.44. The molecule has 0 saturated carbocycles. The molecule has 3 heteroatoms. The van der Waals surface area contributed by atoms with Crippen LogP contribution in [0.2, 0.25) is 0 Å². The van der Waals surface area contributed by atoms with Crippen LogP contribution in [0.15, 0.2) is 60.7 Å². The SMILES string of the molecule is O=C(OCC#CCN1CCCCC1)C(c1ccccc1)c1ccccc1. The summed E-state index contributed by atoms with van der Waals surface area (Å²) in [7, 11) is 0. The molecular formula is C23H25NO2. The summed E-state index contributed by atoms with van der Waals surface area (Å²) in [6.07, 6.45) is 3.83. The van der Waals surface area contributed by atoms with Crippen LogP contribution in [0.1, 0.15) is 36.3 Å². The Morgan fingerprint density at radius 2 is 1.46 bits per heavy atom. The highest BCUT2D eigenvalue weighted by Crippen LogP contribution is 2.25. The number of likely N-dealkylation sites (tertiary alicyclic amines) is 1. The fourth-order valence-electron chi connectivity index (χ4n) is 3.28. The Hall–Kier alpha value is -2.57. The number of nitrogens with zero attached hydrogens (tertiary/aromatic N) is 1. The highest BCUT2D eigenvalue weighted by molar-refractivity contribution is 5.82. The Morgan fingerprint density at radius 1 is 0.885 bits per heavy atom. The molecule has 1 heterocycles. The van der Waals surface area contributed by atoms with E-state index in [1.54, 1.807) is 0 Å². The van der Waals surface area contributed by atoms with Crippen molar-refractivity contribution in [2.75, 3.05) is 26.2 Å². The molecule has 0 spiro atoms. The third kappa shape index (κ3) is 5.21. The lowest BCUT2D eigenvalue weighted by Gasteiger charge is -2.23. The van der Waals surface area contributed by atoms with Gasteiger partial charge in [0.1, 0.15) is 5.92 Å². The van der Waals surface area contributed by atoms with Crippen molar-refractivity contribution in [1.29, 1.82) is 0 Å². The van der Waals surface area contributed by atoms with Crippen molar-refractivity contribution in [2.24, 2.45) is 0 Å². The fraction of sp³-hybridized carbons (Fsp3) is 0.348. The lowest BCUT2D eigenvalue weighted by molar-refractivity contribution is -0.142. The highest BCUT2D eigenvalue weighted by Gasteiger charge is 2.23. The van der Waals surface area contributed by atoms with Crippen LogP contribution in [0.5, 0.6) is 0 Å². The Bertz CT molecular complexity index is 701. The predicted molar refractivity (Wildman–Crippen MR) is 104 cm³/mol. The van der Waals surface area contributed by atoms with Gasteiger partial charge >= 0.3 is 5.97 Å². The first-order valence-electron chi connectivity index (χ1n) is 9.29. The van der Waals surface area contributed by atoms with E-state index in [2.05, 4.69) is 16.7 Å². The van der Waals surface area contributed by atoms with E-state index >= 15 is 0 Å². The van der Waals surface area contributed by atoms with Crippen LogP contribution in [0, 0.1) is 11.8 Å². The summed E-state index contributed by atoms with van der Waals surface area (Å²) >= 11 is 0. The molecule has 1 fully saturated rings. The van der Waals surface area contributed by atoms with Crippen molar-refractivity contribution < 1.29 is 9.53 Å². The maximum atomic E-state index is 12.7. The number of hydrogen-bond acceptors (Lipinski definition) is 3. The standard InChI is InChI=1S/C23H25NO2/c25-23(26-19-11-10-18-24-16-8-3-9-17-24)22(20-12-4-1-5-13-20)21-14-6-2-7-15-21/h1-2,4-7,12-15,22H,3,8-9,16-19H2. The minimum absolute atomic E-state index is 0.142. The Balaban J connectivity index is 1.60. The van der Waals surface area contributed by atoms with Gasteiger partial charge in [0.05, 0.1) is 6.54 Å². The van der Waals surface area contributed by atoms with Gasteiger partial charge in [-0.2, -0.15) is 0 Å². The van der Waals surface area contributed by atoms with Gasteiger partial charge in [0.2, 0.25) is 0 Å². The first-order valence-corrected chi connectivity index (χ1v) is 9.29. The molecule has 0 atom stereocenters. The molecule has 134 valence electrons. The second-order valence-corrected chi connectivity index (χ2v) is 6.55. The number of ether oxygens (including phenoxy) is 1. The van der Waals surface area contributed by atoms with Gasteiger partial charge in [-0.15, -0.1) is 0 Å². The van der Waals surface area contributed by atoms with Crippen LogP contribution in [0.3, 0.4) is 0 Å². The minimum atomic E-state index is -0.415. The third-order valence-electron chi connectivity index (χ3n) is 4.66. The summed E-state index contributed by atoms with van der Waals surface area (Å²) in [5.41, 5.74) is 1.87. The molecular weight excluding hydrogens is 322 g/mol. The zero-order valence-electron chi connectivity index (χ0n) is 15.1. The van der Waals surface area contributed by atoms with E-state index in [1.807, 2.05) is 60.7 Å². The van der Waals surface area contributed by atoms with Crippen LogP contribution in [0.25, 0.3) is 0 Å². The number of rotatable bonds is 5. The van der Waals surface area contributed by atoms with Crippen molar-refractivity contribution >= 4 is 5.97 Å². The summed E-state index contributed by atoms with van der Waals surface area (Å²) < 4.78 is 5.47. The molecule has 0 aliphatic carbocycles. The van der Waals surface area contributed by atoms with E-state index in [1.165, 1.54) is 19.3 Å².